The van der Waals surface area contributed by atoms with Crippen LogP contribution < -0.4 is 5.32 Å². The number of fused-ring (bicyclic) bond motifs is 1. The quantitative estimate of drug-likeness (QED) is 0.697. The molecule has 1 aliphatic heterocycles. The minimum absolute atomic E-state index is 0.121. The molecule has 1 amide bonds. The summed E-state index contributed by atoms with van der Waals surface area (Å²) in [4.78, 5) is 27.8. The Hall–Kier alpha value is -1.88. The van der Waals surface area contributed by atoms with E-state index in [0.717, 1.165) is 19.3 Å². The van der Waals surface area contributed by atoms with E-state index in [-0.39, 0.29) is 17.9 Å². The van der Waals surface area contributed by atoms with Gasteiger partial charge in [-0.3, -0.25) is 14.9 Å². The SMILES string of the molecule is CCOC(=O)[C@H](CCc1ccccc1)N[C@@H](C)C(=O)N1[C@@H]2CCC[C@@H]2C[C@@H]1C. The molecule has 3 rings (SSSR count). The highest BCUT2D eigenvalue weighted by molar-refractivity contribution is 5.84. The fourth-order valence-corrected chi connectivity index (χ4v) is 4.98. The average molecular weight is 387 g/mol. The number of benzene rings is 1. The van der Waals surface area contributed by atoms with Gasteiger partial charge >= 0.3 is 5.97 Å². The van der Waals surface area contributed by atoms with Crippen LogP contribution in [0.15, 0.2) is 30.3 Å². The van der Waals surface area contributed by atoms with Gasteiger partial charge in [0.15, 0.2) is 0 Å². The molecule has 0 bridgehead atoms. The molecular weight excluding hydrogens is 352 g/mol. The van der Waals surface area contributed by atoms with Gasteiger partial charge in [0, 0.05) is 12.1 Å². The summed E-state index contributed by atoms with van der Waals surface area (Å²) in [5.41, 5.74) is 1.18. The van der Waals surface area contributed by atoms with Crippen LogP contribution in [0.2, 0.25) is 0 Å². The van der Waals surface area contributed by atoms with E-state index in [9.17, 15) is 9.59 Å². The van der Waals surface area contributed by atoms with E-state index in [4.69, 9.17) is 4.74 Å². The van der Waals surface area contributed by atoms with Gasteiger partial charge in [-0.15, -0.1) is 0 Å². The number of nitrogens with one attached hydrogen (secondary N) is 1. The molecule has 5 atom stereocenters. The molecule has 1 heterocycles. The van der Waals surface area contributed by atoms with E-state index in [1.165, 1.54) is 18.4 Å². The normalized spacial score (nSPS) is 26.0. The van der Waals surface area contributed by atoms with Gasteiger partial charge in [-0.25, -0.2) is 0 Å². The smallest absolute Gasteiger partial charge is 0.323 e. The van der Waals surface area contributed by atoms with Crippen LogP contribution in [0.3, 0.4) is 0 Å². The number of rotatable bonds is 8. The van der Waals surface area contributed by atoms with Crippen molar-refractivity contribution in [2.24, 2.45) is 5.92 Å². The van der Waals surface area contributed by atoms with Crippen LogP contribution >= 0.6 is 0 Å². The topological polar surface area (TPSA) is 58.6 Å². The molecule has 2 fully saturated rings. The lowest BCUT2D eigenvalue weighted by molar-refractivity contribution is -0.146. The predicted molar refractivity (Wildman–Crippen MR) is 110 cm³/mol. The monoisotopic (exact) mass is 386 g/mol. The molecule has 1 aromatic carbocycles. The first-order valence-electron chi connectivity index (χ1n) is 10.8. The Morgan fingerprint density at radius 3 is 2.71 bits per heavy atom. The molecule has 5 nitrogen and oxygen atoms in total. The van der Waals surface area contributed by atoms with Crippen molar-refractivity contribution in [1.82, 2.24) is 10.2 Å². The van der Waals surface area contributed by atoms with Crippen LogP contribution in [0, 0.1) is 5.92 Å². The molecule has 2 aliphatic rings. The number of ether oxygens (including phenoxy) is 1. The third-order valence-corrected chi connectivity index (χ3v) is 6.31. The summed E-state index contributed by atoms with van der Waals surface area (Å²) in [6.07, 6.45) is 6.06. The Balaban J connectivity index is 1.63. The van der Waals surface area contributed by atoms with Gasteiger partial charge in [0.05, 0.1) is 12.6 Å². The second-order valence-corrected chi connectivity index (χ2v) is 8.31. The van der Waals surface area contributed by atoms with Gasteiger partial charge < -0.3 is 9.64 Å². The molecule has 0 spiro atoms. The summed E-state index contributed by atoms with van der Waals surface area (Å²) in [5.74, 6) is 0.507. The number of hydrogen-bond acceptors (Lipinski definition) is 4. The Kier molecular flexibility index (Phi) is 7.11. The second-order valence-electron chi connectivity index (χ2n) is 8.31. The molecule has 1 saturated carbocycles. The lowest BCUT2D eigenvalue weighted by Gasteiger charge is -2.32. The maximum Gasteiger partial charge on any atom is 0.323 e. The van der Waals surface area contributed by atoms with Gasteiger partial charge in [0.25, 0.3) is 0 Å². The standard InChI is InChI=1S/C23H34N2O3/c1-4-28-23(27)20(14-13-18-9-6-5-7-10-18)24-17(3)22(26)25-16(2)15-19-11-8-12-21(19)25/h5-7,9-10,16-17,19-21,24H,4,8,11-15H2,1-3H3/t16-,17-,19+,20-,21+/m0/s1. The third kappa shape index (κ3) is 4.75. The zero-order valence-electron chi connectivity index (χ0n) is 17.4. The Labute approximate surface area is 168 Å². The van der Waals surface area contributed by atoms with Crippen molar-refractivity contribution < 1.29 is 14.3 Å². The van der Waals surface area contributed by atoms with Crippen molar-refractivity contribution in [2.75, 3.05) is 6.61 Å². The lowest BCUT2D eigenvalue weighted by Crippen LogP contribution is -2.53. The summed E-state index contributed by atoms with van der Waals surface area (Å²) >= 11 is 0. The van der Waals surface area contributed by atoms with Crippen molar-refractivity contribution in [3.05, 3.63) is 35.9 Å². The number of likely N-dealkylation sites (tertiary alicyclic amines) is 1. The molecule has 0 unspecified atom stereocenters. The largest absolute Gasteiger partial charge is 0.465 e. The van der Waals surface area contributed by atoms with Gasteiger partial charge in [-0.1, -0.05) is 36.8 Å². The van der Waals surface area contributed by atoms with E-state index in [2.05, 4.69) is 29.3 Å². The van der Waals surface area contributed by atoms with Crippen molar-refractivity contribution in [3.63, 3.8) is 0 Å². The molecule has 0 radical (unpaired) electrons. The molecule has 1 aromatic rings. The number of amides is 1. The summed E-state index contributed by atoms with van der Waals surface area (Å²) in [7, 11) is 0. The maximum absolute atomic E-state index is 13.2. The fraction of sp³-hybridized carbons (Fsp3) is 0.652. The molecule has 154 valence electrons. The lowest BCUT2D eigenvalue weighted by atomic mass is 10.0. The molecule has 28 heavy (non-hydrogen) atoms. The third-order valence-electron chi connectivity index (χ3n) is 6.31. The number of hydrogen-bond donors (Lipinski definition) is 1. The van der Waals surface area contributed by atoms with Crippen LogP contribution in [-0.4, -0.2) is 47.6 Å². The van der Waals surface area contributed by atoms with Crippen molar-refractivity contribution in [3.8, 4) is 0 Å². The van der Waals surface area contributed by atoms with Crippen LogP contribution in [0.1, 0.15) is 58.4 Å². The Morgan fingerprint density at radius 2 is 2.00 bits per heavy atom. The van der Waals surface area contributed by atoms with E-state index in [1.54, 1.807) is 0 Å². The van der Waals surface area contributed by atoms with Gasteiger partial charge in [-0.2, -0.15) is 0 Å². The van der Waals surface area contributed by atoms with Crippen LogP contribution in [-0.2, 0) is 20.7 Å². The van der Waals surface area contributed by atoms with Gasteiger partial charge in [0.2, 0.25) is 5.91 Å². The first-order chi connectivity index (χ1) is 13.5. The first-order valence-corrected chi connectivity index (χ1v) is 10.8. The Morgan fingerprint density at radius 1 is 1.25 bits per heavy atom. The van der Waals surface area contributed by atoms with Crippen molar-refractivity contribution >= 4 is 11.9 Å². The minimum atomic E-state index is -0.476. The molecule has 0 aromatic heterocycles. The van der Waals surface area contributed by atoms with Crippen molar-refractivity contribution in [2.45, 2.75) is 83.5 Å². The number of aryl methyl sites for hydroxylation is 1. The predicted octanol–water partition coefficient (Wildman–Crippen LogP) is 3.32. The average Bonchev–Trinajstić information content (AvgIpc) is 3.25. The highest BCUT2D eigenvalue weighted by Crippen LogP contribution is 2.41. The minimum Gasteiger partial charge on any atom is -0.465 e. The Bertz CT molecular complexity index is 663. The van der Waals surface area contributed by atoms with Gasteiger partial charge in [-0.05, 0) is 64.4 Å². The number of esters is 1. The van der Waals surface area contributed by atoms with E-state index < -0.39 is 12.1 Å². The first kappa shape index (κ1) is 20.8. The molecule has 5 heteroatoms. The van der Waals surface area contributed by atoms with Crippen molar-refractivity contribution in [1.29, 1.82) is 0 Å². The van der Waals surface area contributed by atoms with Crippen LogP contribution in [0.5, 0.6) is 0 Å². The van der Waals surface area contributed by atoms with Crippen LogP contribution in [0.25, 0.3) is 0 Å². The van der Waals surface area contributed by atoms with Crippen LogP contribution in [0.4, 0.5) is 0 Å². The number of carbonyl (C=O) groups excluding carboxylic acids is 2. The molecule has 1 aliphatic carbocycles. The number of nitrogens with zero attached hydrogens (tertiary/aromatic N) is 1. The zero-order valence-corrected chi connectivity index (χ0v) is 17.4. The summed E-state index contributed by atoms with van der Waals surface area (Å²) in [6.45, 7) is 6.19. The summed E-state index contributed by atoms with van der Waals surface area (Å²) in [6, 6.07) is 9.91. The fourth-order valence-electron chi connectivity index (χ4n) is 4.98. The summed E-state index contributed by atoms with van der Waals surface area (Å²) in [5, 5.41) is 3.28. The highest BCUT2D eigenvalue weighted by Gasteiger charge is 2.45. The second kappa shape index (κ2) is 9.55. The van der Waals surface area contributed by atoms with E-state index >= 15 is 0 Å². The molecule has 1 saturated heterocycles. The number of carbonyl (C=O) groups is 2. The van der Waals surface area contributed by atoms with E-state index in [1.807, 2.05) is 32.0 Å². The molecule has 1 N–H and O–H groups in total. The maximum atomic E-state index is 13.2. The van der Waals surface area contributed by atoms with Gasteiger partial charge in [0.1, 0.15) is 6.04 Å². The van der Waals surface area contributed by atoms with E-state index in [0.29, 0.717) is 25.0 Å². The molecular formula is C23H34N2O3. The zero-order chi connectivity index (χ0) is 20.1. The highest BCUT2D eigenvalue weighted by atomic mass is 16.5. The summed E-state index contributed by atoms with van der Waals surface area (Å²) < 4.78 is 5.26.